The van der Waals surface area contributed by atoms with Gasteiger partial charge in [0.05, 0.1) is 11.0 Å². The number of rotatable bonds is 5. The monoisotopic (exact) mass is 754 g/mol. The molecule has 0 saturated carbocycles. The van der Waals surface area contributed by atoms with Crippen LogP contribution in [0.2, 0.25) is 0 Å². The van der Waals surface area contributed by atoms with Crippen molar-refractivity contribution in [1.82, 2.24) is 9.55 Å². The van der Waals surface area contributed by atoms with Crippen molar-refractivity contribution in [3.05, 3.63) is 103 Å². The maximum Gasteiger partial charge on any atom is 0.145 e. The molecule has 0 fully saturated rings. The Labute approximate surface area is 366 Å². The van der Waals surface area contributed by atoms with Crippen molar-refractivity contribution in [2.24, 2.45) is 0 Å². The van der Waals surface area contributed by atoms with Crippen LogP contribution in [0.15, 0.2) is 103 Å². The molecule has 1 aromatic heterocycles. The van der Waals surface area contributed by atoms with Gasteiger partial charge in [0.25, 0.3) is 0 Å². The van der Waals surface area contributed by atoms with Gasteiger partial charge >= 0.3 is 0 Å². The fourth-order valence-electron chi connectivity index (χ4n) is 10.3. The van der Waals surface area contributed by atoms with Gasteiger partial charge < -0.3 is 0 Å². The molecule has 1 heterocycles. The van der Waals surface area contributed by atoms with Crippen molar-refractivity contribution < 1.29 is 0 Å². The molecule has 272 valence electrons. The predicted octanol–water partition coefficient (Wildman–Crippen LogP) is -10.6. The lowest BCUT2D eigenvalue weighted by Gasteiger charge is -2.28. The molecular weight excluding hydrogens is 709 g/mol. The van der Waals surface area contributed by atoms with Crippen LogP contribution >= 0.6 is 0 Å². The number of aromatic nitrogens is 2. The van der Waals surface area contributed by atoms with E-state index >= 15 is 0 Å². The lowest BCUT2D eigenvalue weighted by molar-refractivity contribution is 1.10. The fourth-order valence-corrected chi connectivity index (χ4v) is 10.3. The second-order valence-corrected chi connectivity index (χ2v) is 17.5. The summed E-state index contributed by atoms with van der Waals surface area (Å²) in [6, 6.07) is 37.8. The molecule has 0 aliphatic rings. The summed E-state index contributed by atoms with van der Waals surface area (Å²) in [6.45, 7) is 0. The van der Waals surface area contributed by atoms with Gasteiger partial charge in [-0.05, 0) is 85.3 Å². The Kier molecular flexibility index (Phi) is 9.97. The molecule has 0 radical (unpaired) electrons. The first-order valence-electron chi connectivity index (χ1n) is 21.5. The van der Waals surface area contributed by atoms with E-state index in [1.54, 1.807) is 0 Å². The quantitative estimate of drug-likeness (QED) is 0.126. The minimum absolute atomic E-state index is 0.945. The van der Waals surface area contributed by atoms with Crippen LogP contribution in [0.3, 0.4) is 0 Å². The van der Waals surface area contributed by atoms with E-state index in [4.69, 9.17) is 4.98 Å². The Hall–Kier alpha value is -5.41. The molecule has 0 bridgehead atoms. The van der Waals surface area contributed by atoms with Crippen LogP contribution in [0.4, 0.5) is 0 Å². The van der Waals surface area contributed by atoms with Crippen molar-refractivity contribution >= 4 is 206 Å². The number of fused-ring (bicyclic) bond motifs is 3. The van der Waals surface area contributed by atoms with Crippen LogP contribution < -0.4 is 71.0 Å². The minimum atomic E-state index is 0.945. The first-order valence-corrected chi connectivity index (χ1v) is 21.5. The molecule has 60 heavy (non-hydrogen) atoms. The zero-order valence-corrected chi connectivity index (χ0v) is 37.7. The van der Waals surface area contributed by atoms with Crippen LogP contribution in [0.1, 0.15) is 0 Å². The van der Waals surface area contributed by atoms with E-state index in [1.807, 2.05) is 0 Å². The molecule has 0 aliphatic carbocycles. The summed E-state index contributed by atoms with van der Waals surface area (Å²) in [7, 11) is 30.1. The van der Waals surface area contributed by atoms with Crippen LogP contribution in [0.25, 0.3) is 83.0 Å². The summed E-state index contributed by atoms with van der Waals surface area (Å²) in [4.78, 5) is 5.22. The molecule has 0 atom stereocenters. The first-order chi connectivity index (χ1) is 28.7. The van der Waals surface area contributed by atoms with E-state index in [9.17, 15) is 0 Å². The largest absolute Gasteiger partial charge is 0.292 e. The third-order valence-corrected chi connectivity index (χ3v) is 14.8. The summed E-state index contributed by atoms with van der Waals surface area (Å²) in [5.41, 5.74) is 29.8. The number of hydrogen-bond acceptors (Lipinski definition) is 1. The summed E-state index contributed by atoms with van der Waals surface area (Å²) in [6.07, 6.45) is 0. The third kappa shape index (κ3) is 5.93. The third-order valence-electron chi connectivity index (χ3n) is 14.8. The number of para-hydroxylation sites is 2. The van der Waals surface area contributed by atoms with Gasteiger partial charge in [-0.1, -0.05) is 106 Å². The zero-order chi connectivity index (χ0) is 42.5. The fraction of sp³-hybridized carbons (Fsp3) is 0. The Morgan fingerprint density at radius 3 is 1.22 bits per heavy atom. The van der Waals surface area contributed by atoms with Crippen molar-refractivity contribution in [2.75, 3.05) is 0 Å². The lowest BCUT2D eigenvalue weighted by atomic mass is 9.59. The molecule has 15 heteroatoms. The van der Waals surface area contributed by atoms with E-state index < -0.39 is 0 Å². The lowest BCUT2D eigenvalue weighted by Crippen LogP contribution is -2.55. The van der Waals surface area contributed by atoms with E-state index in [-0.39, 0.29) is 0 Å². The Morgan fingerprint density at radius 2 is 0.700 bits per heavy atom. The number of benzene rings is 8. The second-order valence-electron chi connectivity index (χ2n) is 17.5. The average molecular weight is 752 g/mol. The average Bonchev–Trinajstić information content (AvgIpc) is 3.67. The highest BCUT2D eigenvalue weighted by atomic mass is 15.1. The molecule has 9 rings (SSSR count). The van der Waals surface area contributed by atoms with E-state index in [1.165, 1.54) is 126 Å². The topological polar surface area (TPSA) is 17.8 Å². The minimum Gasteiger partial charge on any atom is -0.292 e. The van der Waals surface area contributed by atoms with Gasteiger partial charge in [0, 0.05) is 11.3 Å². The van der Waals surface area contributed by atoms with Crippen molar-refractivity contribution in [3.8, 4) is 50.5 Å². The van der Waals surface area contributed by atoms with Gasteiger partial charge in [-0.2, -0.15) is 0 Å². The Morgan fingerprint density at radius 1 is 0.317 bits per heavy atom. The van der Waals surface area contributed by atoms with Crippen LogP contribution in [-0.4, -0.2) is 112 Å². The van der Waals surface area contributed by atoms with Crippen LogP contribution in [0, 0.1) is 0 Å². The molecule has 2 nitrogen and oxygen atoms in total. The first kappa shape index (κ1) is 40.0. The zero-order valence-electron chi connectivity index (χ0n) is 37.7. The van der Waals surface area contributed by atoms with E-state index in [0.717, 1.165) is 28.1 Å². The van der Waals surface area contributed by atoms with Gasteiger partial charge in [0.15, 0.2) is 0 Å². The normalized spacial score (nSPS) is 11.5. The van der Waals surface area contributed by atoms with Crippen molar-refractivity contribution in [3.63, 3.8) is 0 Å². The maximum absolute atomic E-state index is 5.22. The van der Waals surface area contributed by atoms with Gasteiger partial charge in [-0.3, -0.25) is 4.57 Å². The predicted molar refractivity (Wildman–Crippen MR) is 304 cm³/mol. The number of hydrogen-bond donors (Lipinski definition) is 0. The smallest absolute Gasteiger partial charge is 0.145 e. The SMILES string of the molecule is Bc1c(B)c(B)c(-c2cccc(-c3c4c(B)c(B)c(B)c(B)c4c(-c4cccc(-n5c(-c6ccccc6)nc6ccccc65)c4)c4c(B)c(B)c(B)c(B)c34)c2)c(B)c1B. The Balaban J connectivity index is 1.44. The summed E-state index contributed by atoms with van der Waals surface area (Å²) in [5, 5.41) is 5.41. The molecule has 0 unspecified atom stereocenters. The molecule has 0 aliphatic heterocycles. The van der Waals surface area contributed by atoms with Gasteiger partial charge in [0.1, 0.15) is 108 Å². The molecule has 0 N–H and O–H groups in total. The number of nitrogens with zero attached hydrogens (tertiary/aromatic N) is 2. The highest BCUT2D eigenvalue weighted by molar-refractivity contribution is 6.72. The van der Waals surface area contributed by atoms with Crippen molar-refractivity contribution in [2.45, 2.75) is 0 Å². The van der Waals surface area contributed by atoms with E-state index in [2.05, 4.69) is 210 Å². The highest BCUT2D eigenvalue weighted by Crippen LogP contribution is 2.42. The summed E-state index contributed by atoms with van der Waals surface area (Å²) >= 11 is 0. The molecule has 0 spiro atoms. The van der Waals surface area contributed by atoms with Crippen molar-refractivity contribution in [1.29, 1.82) is 0 Å². The molecule has 0 saturated heterocycles. The van der Waals surface area contributed by atoms with Gasteiger partial charge in [-0.15, -0.1) is 38.2 Å². The second kappa shape index (κ2) is 14.9. The van der Waals surface area contributed by atoms with Crippen LogP contribution in [0.5, 0.6) is 0 Å². The Bertz CT molecular complexity index is 3200. The van der Waals surface area contributed by atoms with Crippen LogP contribution in [-0.2, 0) is 0 Å². The molecule has 9 aromatic rings. The molecular formula is C45H43B13N2. The number of imidazole rings is 1. The van der Waals surface area contributed by atoms with E-state index in [0.29, 0.717) is 0 Å². The maximum atomic E-state index is 5.22. The highest BCUT2D eigenvalue weighted by Gasteiger charge is 2.26. The van der Waals surface area contributed by atoms with Gasteiger partial charge in [-0.25, -0.2) is 4.98 Å². The molecule has 0 amide bonds. The molecule has 8 aromatic carbocycles. The standard InChI is InChI=1S/C45H43B13N2/c46-32-27(33(47)39(53)44(58)38(32)52)20-11-6-10-19(16-20)25-28-30(36(50)42(56)40(54)34(28)48)26(31-29(25)35(49)41(55)43(57)37(31)51)21-12-7-13-22(17-21)60-24-15-5-4-14-23(24)59-45(60)18-8-2-1-3-9-18/h1-17H,46-58H2. The summed E-state index contributed by atoms with van der Waals surface area (Å²) in [5.74, 6) is 0.945. The van der Waals surface area contributed by atoms with Gasteiger partial charge in [0.2, 0.25) is 0 Å². The summed E-state index contributed by atoms with van der Waals surface area (Å²) < 4.78 is 2.35.